The van der Waals surface area contributed by atoms with Crippen LogP contribution in [0.25, 0.3) is 11.2 Å². The predicted molar refractivity (Wildman–Crippen MR) is 198 cm³/mol. The van der Waals surface area contributed by atoms with Crippen LogP contribution in [0.3, 0.4) is 0 Å². The molecule has 13 heteroatoms. The number of hydrogen-bond acceptors (Lipinski definition) is 9. The second kappa shape index (κ2) is 13.8. The van der Waals surface area contributed by atoms with Crippen molar-refractivity contribution in [2.45, 2.75) is 109 Å². The van der Waals surface area contributed by atoms with Crippen molar-refractivity contribution >= 4 is 49.7 Å². The Hall–Kier alpha value is -2.82. The molecule has 1 saturated heterocycles. The van der Waals surface area contributed by atoms with Gasteiger partial charge in [-0.3, -0.25) is 4.57 Å². The topological polar surface area (TPSA) is 116 Å². The number of rotatable bonds is 11. The lowest BCUT2D eigenvalue weighted by atomic mass is 10.2. The van der Waals surface area contributed by atoms with Gasteiger partial charge in [0.15, 0.2) is 27.8 Å². The minimum atomic E-state index is -2.18. The van der Waals surface area contributed by atoms with Crippen molar-refractivity contribution in [1.82, 2.24) is 19.5 Å². The van der Waals surface area contributed by atoms with Crippen LogP contribution in [-0.2, 0) is 20.2 Å². The summed E-state index contributed by atoms with van der Waals surface area (Å²) in [5.74, 6) is 0.935. The molecule has 5 rings (SSSR count). The lowest BCUT2D eigenvalue weighted by molar-refractivity contribution is -0.0400. The zero-order valence-corrected chi connectivity index (χ0v) is 33.4. The highest BCUT2D eigenvalue weighted by Gasteiger charge is 2.47. The van der Waals surface area contributed by atoms with Gasteiger partial charge in [0.2, 0.25) is 11.8 Å². The van der Waals surface area contributed by atoms with Gasteiger partial charge in [0.25, 0.3) is 0 Å². The molecule has 2 N–H and O–H groups in total. The van der Waals surface area contributed by atoms with E-state index in [0.29, 0.717) is 36.0 Å². The van der Waals surface area contributed by atoms with Gasteiger partial charge in [-0.1, -0.05) is 87.8 Å². The number of anilines is 1. The molecule has 48 heavy (non-hydrogen) atoms. The maximum atomic E-state index is 7.06. The molecule has 1 fully saturated rings. The zero-order valence-electron chi connectivity index (χ0n) is 29.8. The molecule has 0 unspecified atom stereocenters. The molecule has 2 aromatic heterocycles. The molecule has 0 spiro atoms. The van der Waals surface area contributed by atoms with Crippen molar-refractivity contribution in [2.75, 3.05) is 12.3 Å². The highest BCUT2D eigenvalue weighted by atomic mass is 79.9. The summed E-state index contributed by atoms with van der Waals surface area (Å²) in [4.78, 5) is 14.0. The molecule has 260 valence electrons. The molecule has 10 nitrogen and oxygen atoms in total. The maximum absolute atomic E-state index is 7.06. The van der Waals surface area contributed by atoms with Gasteiger partial charge < -0.3 is 28.8 Å². The minimum Gasteiger partial charge on any atom is -0.471 e. The van der Waals surface area contributed by atoms with Gasteiger partial charge >= 0.3 is 6.01 Å². The van der Waals surface area contributed by atoms with Crippen LogP contribution in [-0.4, -0.2) is 55.0 Å². The Bertz CT molecular complexity index is 1710. The number of imidazole rings is 1. The van der Waals surface area contributed by atoms with Crippen molar-refractivity contribution in [3.8, 4) is 17.6 Å². The SMILES string of the molecule is CC(C)(C)[Si](C)(C)OC[C@H]1O[C@@H](n2c(Oc3ccc(Br)cc3)nc3c(OCc4ccccc4)nc(N)nc32)C[C@@H]1O[Si](C)(C)C(C)(C)C. The summed E-state index contributed by atoms with van der Waals surface area (Å²) >= 11 is 3.51. The highest BCUT2D eigenvalue weighted by Crippen LogP contribution is 2.44. The summed E-state index contributed by atoms with van der Waals surface area (Å²) in [6, 6.07) is 17.7. The molecule has 0 bridgehead atoms. The number of aromatic nitrogens is 4. The molecule has 2 aromatic carbocycles. The van der Waals surface area contributed by atoms with Crippen LogP contribution in [0.1, 0.15) is 59.8 Å². The van der Waals surface area contributed by atoms with Crippen LogP contribution < -0.4 is 15.2 Å². The van der Waals surface area contributed by atoms with Crippen molar-refractivity contribution in [1.29, 1.82) is 0 Å². The second-order valence-electron chi connectivity index (χ2n) is 15.5. The Morgan fingerprint density at radius 1 is 0.896 bits per heavy atom. The van der Waals surface area contributed by atoms with E-state index in [1.807, 2.05) is 59.2 Å². The van der Waals surface area contributed by atoms with Crippen LogP contribution in [0.4, 0.5) is 5.95 Å². The standard InChI is InChI=1S/C35H50BrN5O5Si2/c1-34(2,3)47(7,8)43-22-27-26(46-48(9,10)35(4,5)6)20-28(45-27)41-30-29(38-33(41)44-25-18-16-24(36)17-19-25)31(40-32(37)39-30)42-21-23-14-12-11-13-15-23/h11-19,26-28H,20-22H2,1-10H3,(H2,37,39,40)/t26-,27+,28+/m0/s1. The molecule has 0 amide bonds. The lowest BCUT2D eigenvalue weighted by Crippen LogP contribution is -2.48. The summed E-state index contributed by atoms with van der Waals surface area (Å²) in [5, 5.41) is 0.0672. The summed E-state index contributed by atoms with van der Waals surface area (Å²) in [5.41, 5.74) is 8.17. The quantitative estimate of drug-likeness (QED) is 0.150. The molecule has 0 aliphatic carbocycles. The number of nitrogen functional groups attached to an aromatic ring is 1. The summed E-state index contributed by atoms with van der Waals surface area (Å²) in [7, 11) is -4.26. The van der Waals surface area contributed by atoms with E-state index in [9.17, 15) is 0 Å². The molecule has 3 heterocycles. The first-order valence-electron chi connectivity index (χ1n) is 16.5. The average molecular weight is 757 g/mol. The van der Waals surface area contributed by atoms with E-state index < -0.39 is 22.9 Å². The van der Waals surface area contributed by atoms with Gasteiger partial charge in [0, 0.05) is 10.9 Å². The Labute approximate surface area is 295 Å². The molecule has 0 saturated carbocycles. The highest BCUT2D eigenvalue weighted by molar-refractivity contribution is 9.10. The van der Waals surface area contributed by atoms with Crippen LogP contribution in [0.15, 0.2) is 59.1 Å². The molecule has 4 aromatic rings. The van der Waals surface area contributed by atoms with E-state index in [0.717, 1.165) is 10.0 Å². The fraction of sp³-hybridized carbons (Fsp3) is 0.514. The van der Waals surface area contributed by atoms with E-state index in [4.69, 9.17) is 33.8 Å². The number of benzene rings is 2. The summed E-state index contributed by atoms with van der Waals surface area (Å²) in [6.45, 7) is 23.2. The Balaban J connectivity index is 1.56. The van der Waals surface area contributed by atoms with Gasteiger partial charge in [-0.05, 0) is 66.1 Å². The molecule has 3 atom stereocenters. The molecule has 1 aliphatic heterocycles. The molecular formula is C35H50BrN5O5Si2. The number of nitrogens with zero attached hydrogens (tertiary/aromatic N) is 4. The number of fused-ring (bicyclic) bond motifs is 1. The third-order valence-electron chi connectivity index (χ3n) is 9.87. The fourth-order valence-electron chi connectivity index (χ4n) is 4.91. The van der Waals surface area contributed by atoms with E-state index in [1.165, 1.54) is 0 Å². The van der Waals surface area contributed by atoms with Gasteiger partial charge in [-0.15, -0.1) is 0 Å². The third kappa shape index (κ3) is 8.14. The first-order chi connectivity index (χ1) is 22.3. The van der Waals surface area contributed by atoms with E-state index >= 15 is 0 Å². The van der Waals surface area contributed by atoms with Crippen molar-refractivity contribution < 1.29 is 23.1 Å². The van der Waals surface area contributed by atoms with Crippen molar-refractivity contribution in [3.05, 3.63) is 64.6 Å². The summed E-state index contributed by atoms with van der Waals surface area (Å²) < 4.78 is 36.1. The van der Waals surface area contributed by atoms with Gasteiger partial charge in [-0.2, -0.15) is 15.0 Å². The van der Waals surface area contributed by atoms with E-state index in [2.05, 4.69) is 93.6 Å². The van der Waals surface area contributed by atoms with Crippen LogP contribution in [0, 0.1) is 0 Å². The molecule has 1 aliphatic rings. The monoisotopic (exact) mass is 755 g/mol. The number of hydrogen-bond donors (Lipinski definition) is 1. The van der Waals surface area contributed by atoms with E-state index in [-0.39, 0.29) is 40.7 Å². The molecular weight excluding hydrogens is 706 g/mol. The van der Waals surface area contributed by atoms with Gasteiger partial charge in [0.1, 0.15) is 24.7 Å². The number of nitrogens with two attached hydrogens (primary N) is 1. The Morgan fingerprint density at radius 3 is 2.17 bits per heavy atom. The Morgan fingerprint density at radius 2 is 1.54 bits per heavy atom. The molecule has 0 radical (unpaired) electrons. The van der Waals surface area contributed by atoms with Crippen LogP contribution in [0.2, 0.25) is 36.3 Å². The van der Waals surface area contributed by atoms with Gasteiger partial charge in [0.05, 0.1) is 12.7 Å². The summed E-state index contributed by atoms with van der Waals surface area (Å²) in [6.07, 6.45) is -0.514. The van der Waals surface area contributed by atoms with Crippen LogP contribution >= 0.6 is 15.9 Å². The van der Waals surface area contributed by atoms with Gasteiger partial charge in [-0.25, -0.2) is 0 Å². The Kier molecular flexibility index (Phi) is 10.5. The lowest BCUT2D eigenvalue weighted by Gasteiger charge is -2.40. The fourth-order valence-corrected chi connectivity index (χ4v) is 7.54. The first kappa shape index (κ1) is 36.5. The second-order valence-corrected chi connectivity index (χ2v) is 26.0. The maximum Gasteiger partial charge on any atom is 0.306 e. The smallest absolute Gasteiger partial charge is 0.306 e. The predicted octanol–water partition coefficient (Wildman–Crippen LogP) is 9.24. The number of ether oxygens (including phenoxy) is 3. The minimum absolute atomic E-state index is 0.0140. The zero-order chi connectivity index (χ0) is 35.1. The van der Waals surface area contributed by atoms with E-state index in [1.54, 1.807) is 0 Å². The largest absolute Gasteiger partial charge is 0.471 e. The van der Waals surface area contributed by atoms with Crippen LogP contribution in [0.5, 0.6) is 17.6 Å². The van der Waals surface area contributed by atoms with Crippen molar-refractivity contribution in [3.63, 3.8) is 0 Å². The number of halogens is 1. The average Bonchev–Trinajstić information content (AvgIpc) is 3.55. The van der Waals surface area contributed by atoms with Crippen molar-refractivity contribution in [2.24, 2.45) is 0 Å². The third-order valence-corrected chi connectivity index (χ3v) is 19.4. The normalized spacial score (nSPS) is 19.2. The first-order valence-corrected chi connectivity index (χ1v) is 23.1.